The average molecular weight is 476 g/mol. The number of carbonyl (C=O) groups is 2. The van der Waals surface area contributed by atoms with Crippen molar-refractivity contribution in [2.45, 2.75) is 25.1 Å². The van der Waals surface area contributed by atoms with Crippen molar-refractivity contribution in [3.8, 4) is 0 Å². The number of primary amides is 1. The Morgan fingerprint density at radius 1 is 1.08 bits per heavy atom. The molecule has 26 heavy (non-hydrogen) atoms. The summed E-state index contributed by atoms with van der Waals surface area (Å²) in [5, 5.41) is 2.54. The minimum atomic E-state index is -4.43. The fraction of sp³-hybridized carbons (Fsp3) is 0.222. The molecule has 0 saturated carbocycles. The Hall–Kier alpha value is -2.10. The van der Waals surface area contributed by atoms with Gasteiger partial charge in [-0.3, -0.25) is 9.59 Å². The van der Waals surface area contributed by atoms with Crippen molar-refractivity contribution in [3.63, 3.8) is 0 Å². The summed E-state index contributed by atoms with van der Waals surface area (Å²) in [5.74, 6) is -1.16. The molecule has 0 aromatic heterocycles. The number of nitrogens with one attached hydrogen (secondary N) is 1. The van der Waals surface area contributed by atoms with Crippen molar-refractivity contribution >= 4 is 34.4 Å². The maximum atomic E-state index is 12.5. The summed E-state index contributed by atoms with van der Waals surface area (Å²) in [4.78, 5) is 23.7. The van der Waals surface area contributed by atoms with Gasteiger partial charge in [-0.05, 0) is 58.0 Å². The number of alkyl halides is 3. The zero-order valence-electron chi connectivity index (χ0n) is 13.5. The zero-order chi connectivity index (χ0) is 19.3. The molecule has 138 valence electrons. The third kappa shape index (κ3) is 6.01. The second kappa shape index (κ2) is 8.52. The molecule has 2 aromatic rings. The number of hydrogen-bond donors (Lipinski definition) is 2. The molecule has 3 N–H and O–H groups in total. The fourth-order valence-corrected chi connectivity index (χ4v) is 2.97. The third-order valence-electron chi connectivity index (χ3n) is 3.65. The molecule has 2 amide bonds. The number of carbonyl (C=O) groups excluding carboxylic acids is 2. The van der Waals surface area contributed by atoms with Gasteiger partial charge in [0, 0.05) is 9.99 Å². The first-order valence-electron chi connectivity index (χ1n) is 7.64. The van der Waals surface area contributed by atoms with Gasteiger partial charge in [-0.2, -0.15) is 13.2 Å². The van der Waals surface area contributed by atoms with E-state index in [4.69, 9.17) is 5.73 Å². The van der Waals surface area contributed by atoms with Gasteiger partial charge in [0.2, 0.25) is 11.8 Å². The highest BCUT2D eigenvalue weighted by atomic mass is 127. The Bertz CT molecular complexity index is 792. The molecule has 2 aromatic carbocycles. The molecule has 0 bridgehead atoms. The van der Waals surface area contributed by atoms with Gasteiger partial charge >= 0.3 is 6.18 Å². The van der Waals surface area contributed by atoms with Gasteiger partial charge in [-0.15, -0.1) is 0 Å². The van der Waals surface area contributed by atoms with Crippen LogP contribution in [-0.2, 0) is 28.6 Å². The highest BCUT2D eigenvalue weighted by Crippen LogP contribution is 2.29. The first-order valence-corrected chi connectivity index (χ1v) is 8.72. The molecule has 0 spiro atoms. The Morgan fingerprint density at radius 2 is 1.73 bits per heavy atom. The predicted octanol–water partition coefficient (Wildman–Crippen LogP) is 3.07. The summed E-state index contributed by atoms with van der Waals surface area (Å²) in [6.07, 6.45) is -4.33. The van der Waals surface area contributed by atoms with E-state index in [9.17, 15) is 22.8 Å². The van der Waals surface area contributed by atoms with Gasteiger partial charge in [-0.25, -0.2) is 0 Å². The van der Waals surface area contributed by atoms with E-state index in [0.717, 1.165) is 21.3 Å². The van der Waals surface area contributed by atoms with Crippen LogP contribution in [-0.4, -0.2) is 17.9 Å². The van der Waals surface area contributed by atoms with E-state index in [-0.39, 0.29) is 12.8 Å². The molecule has 8 heteroatoms. The fourth-order valence-electron chi connectivity index (χ4n) is 2.36. The van der Waals surface area contributed by atoms with E-state index < -0.39 is 29.6 Å². The van der Waals surface area contributed by atoms with Gasteiger partial charge in [0.1, 0.15) is 6.04 Å². The molecular weight excluding hydrogens is 460 g/mol. The Balaban J connectivity index is 2.00. The second-order valence-corrected chi connectivity index (χ2v) is 6.97. The van der Waals surface area contributed by atoms with Crippen LogP contribution < -0.4 is 11.1 Å². The van der Waals surface area contributed by atoms with Crippen LogP contribution in [0.3, 0.4) is 0 Å². The van der Waals surface area contributed by atoms with E-state index in [0.29, 0.717) is 5.56 Å². The van der Waals surface area contributed by atoms with Crippen LogP contribution >= 0.6 is 22.6 Å². The van der Waals surface area contributed by atoms with Crippen LogP contribution in [0, 0.1) is 3.57 Å². The van der Waals surface area contributed by atoms with Crippen molar-refractivity contribution in [2.24, 2.45) is 5.73 Å². The predicted molar refractivity (Wildman–Crippen MR) is 99.1 cm³/mol. The van der Waals surface area contributed by atoms with Gasteiger partial charge in [0.25, 0.3) is 0 Å². The van der Waals surface area contributed by atoms with Crippen LogP contribution in [0.4, 0.5) is 13.2 Å². The number of halogens is 4. The number of amides is 2. The molecule has 0 aliphatic rings. The average Bonchev–Trinajstić information content (AvgIpc) is 2.53. The molecule has 4 nitrogen and oxygen atoms in total. The van der Waals surface area contributed by atoms with E-state index in [1.54, 1.807) is 0 Å². The zero-order valence-corrected chi connectivity index (χ0v) is 15.7. The van der Waals surface area contributed by atoms with Crippen molar-refractivity contribution < 1.29 is 22.8 Å². The van der Waals surface area contributed by atoms with Gasteiger partial charge in [-0.1, -0.05) is 24.3 Å². The van der Waals surface area contributed by atoms with Crippen molar-refractivity contribution in [2.75, 3.05) is 0 Å². The summed E-state index contributed by atoms with van der Waals surface area (Å²) in [5.41, 5.74) is 5.82. The molecule has 0 heterocycles. The molecule has 0 fully saturated rings. The van der Waals surface area contributed by atoms with Crippen LogP contribution in [0.25, 0.3) is 0 Å². The number of hydrogen-bond acceptors (Lipinski definition) is 2. The molecule has 0 unspecified atom stereocenters. The lowest BCUT2D eigenvalue weighted by atomic mass is 10.0. The van der Waals surface area contributed by atoms with Crippen molar-refractivity contribution in [1.29, 1.82) is 0 Å². The number of nitrogens with two attached hydrogens (primary N) is 1. The lowest BCUT2D eigenvalue weighted by Crippen LogP contribution is -2.46. The highest BCUT2D eigenvalue weighted by Gasteiger charge is 2.30. The molecule has 2 rings (SSSR count). The first kappa shape index (κ1) is 20.2. The Labute approximate surface area is 162 Å². The number of rotatable bonds is 6. The quantitative estimate of drug-likeness (QED) is 0.630. The summed E-state index contributed by atoms with van der Waals surface area (Å²) in [6, 6.07) is 10.8. The summed E-state index contributed by atoms with van der Waals surface area (Å²) < 4.78 is 38.6. The molecule has 0 aliphatic carbocycles. The van der Waals surface area contributed by atoms with Crippen LogP contribution in [0.15, 0.2) is 48.5 Å². The first-order chi connectivity index (χ1) is 12.1. The van der Waals surface area contributed by atoms with E-state index in [1.807, 2.05) is 24.3 Å². The third-order valence-corrected chi connectivity index (χ3v) is 4.32. The SMILES string of the molecule is NC(=O)[C@H](Cc1cccc(I)c1)NC(=O)Cc1ccc(C(F)(F)F)cc1. The second-order valence-electron chi connectivity index (χ2n) is 5.73. The van der Waals surface area contributed by atoms with Crippen molar-refractivity contribution in [3.05, 3.63) is 68.8 Å². The van der Waals surface area contributed by atoms with Gasteiger partial charge in [0.15, 0.2) is 0 Å². The standard InChI is InChI=1S/C18H16F3IN2O2/c19-18(20,21)13-6-4-11(5-7-13)10-16(25)24-15(17(23)26)9-12-2-1-3-14(22)8-12/h1-8,15H,9-10H2,(H2,23,26)(H,24,25)/t15-/m0/s1. The monoisotopic (exact) mass is 476 g/mol. The molecule has 0 radical (unpaired) electrons. The topological polar surface area (TPSA) is 72.2 Å². The van der Waals surface area contributed by atoms with E-state index in [1.165, 1.54) is 12.1 Å². The summed E-state index contributed by atoms with van der Waals surface area (Å²) >= 11 is 2.13. The summed E-state index contributed by atoms with van der Waals surface area (Å²) in [6.45, 7) is 0. The lowest BCUT2D eigenvalue weighted by Gasteiger charge is -2.16. The smallest absolute Gasteiger partial charge is 0.368 e. The summed E-state index contributed by atoms with van der Waals surface area (Å²) in [7, 11) is 0. The molecule has 1 atom stereocenters. The van der Waals surface area contributed by atoms with Gasteiger partial charge < -0.3 is 11.1 Å². The lowest BCUT2D eigenvalue weighted by molar-refractivity contribution is -0.137. The maximum Gasteiger partial charge on any atom is 0.416 e. The largest absolute Gasteiger partial charge is 0.416 e. The molecule has 0 aliphatic heterocycles. The number of benzene rings is 2. The minimum absolute atomic E-state index is 0.145. The van der Waals surface area contributed by atoms with Crippen LogP contribution in [0.5, 0.6) is 0 Å². The van der Waals surface area contributed by atoms with Gasteiger partial charge in [0.05, 0.1) is 12.0 Å². The maximum absolute atomic E-state index is 12.5. The van der Waals surface area contributed by atoms with E-state index >= 15 is 0 Å². The van der Waals surface area contributed by atoms with Crippen LogP contribution in [0.2, 0.25) is 0 Å². The highest BCUT2D eigenvalue weighted by molar-refractivity contribution is 14.1. The van der Waals surface area contributed by atoms with Crippen LogP contribution in [0.1, 0.15) is 16.7 Å². The van der Waals surface area contributed by atoms with E-state index in [2.05, 4.69) is 27.9 Å². The van der Waals surface area contributed by atoms with Crippen molar-refractivity contribution in [1.82, 2.24) is 5.32 Å². The molecule has 0 saturated heterocycles. The minimum Gasteiger partial charge on any atom is -0.368 e. The Morgan fingerprint density at radius 3 is 2.27 bits per heavy atom. The normalized spacial score (nSPS) is 12.5. The Kier molecular flexibility index (Phi) is 6.63. The molecular formula is C18H16F3IN2O2.